The van der Waals surface area contributed by atoms with Crippen LogP contribution in [0.1, 0.15) is 12.5 Å². The number of nitrogens with zero attached hydrogens (tertiary/aromatic N) is 3. The molecule has 0 saturated heterocycles. The standard InChI is InChI=1S/C19H19ClN4O2S/c1-3-24-18(25)17(21-15-6-4-5-14(20)11-15)22-23-19(24)27-12-13-7-9-16(26-2)10-8-13/h4-11H,3,12H2,1-2H3,(H,21,22). The van der Waals surface area contributed by atoms with Crippen LogP contribution >= 0.6 is 23.4 Å². The van der Waals surface area contributed by atoms with Gasteiger partial charge in [0.2, 0.25) is 5.82 Å². The molecule has 0 bridgehead atoms. The molecule has 0 aliphatic rings. The number of rotatable bonds is 7. The normalized spacial score (nSPS) is 10.6. The van der Waals surface area contributed by atoms with E-state index in [1.807, 2.05) is 37.3 Å². The predicted octanol–water partition coefficient (Wildman–Crippen LogP) is 4.36. The zero-order chi connectivity index (χ0) is 19.2. The second-order valence-corrected chi connectivity index (χ2v) is 7.03. The van der Waals surface area contributed by atoms with Crippen molar-refractivity contribution in [3.8, 4) is 5.75 Å². The van der Waals surface area contributed by atoms with E-state index in [0.717, 1.165) is 11.3 Å². The Morgan fingerprint density at radius 1 is 1.19 bits per heavy atom. The summed E-state index contributed by atoms with van der Waals surface area (Å²) in [6, 6.07) is 14.9. The van der Waals surface area contributed by atoms with Gasteiger partial charge in [0.15, 0.2) is 5.16 Å². The Morgan fingerprint density at radius 2 is 1.96 bits per heavy atom. The molecule has 8 heteroatoms. The van der Waals surface area contributed by atoms with Gasteiger partial charge in [-0.2, -0.15) is 0 Å². The van der Waals surface area contributed by atoms with Crippen LogP contribution in [0.4, 0.5) is 11.5 Å². The van der Waals surface area contributed by atoms with Crippen molar-refractivity contribution >= 4 is 34.9 Å². The first kappa shape index (κ1) is 19.3. The number of benzene rings is 2. The molecule has 140 valence electrons. The average molecular weight is 403 g/mol. The van der Waals surface area contributed by atoms with Gasteiger partial charge in [-0.15, -0.1) is 10.2 Å². The third-order valence-electron chi connectivity index (χ3n) is 3.84. The number of thioether (sulfide) groups is 1. The van der Waals surface area contributed by atoms with Crippen molar-refractivity contribution in [2.45, 2.75) is 24.4 Å². The number of anilines is 2. The van der Waals surface area contributed by atoms with E-state index in [4.69, 9.17) is 16.3 Å². The minimum atomic E-state index is -0.218. The molecule has 6 nitrogen and oxygen atoms in total. The fraction of sp³-hybridized carbons (Fsp3) is 0.211. The smallest absolute Gasteiger partial charge is 0.297 e. The number of nitrogens with one attached hydrogen (secondary N) is 1. The summed E-state index contributed by atoms with van der Waals surface area (Å²) in [4.78, 5) is 12.7. The lowest BCUT2D eigenvalue weighted by molar-refractivity contribution is 0.414. The van der Waals surface area contributed by atoms with Gasteiger partial charge in [-0.3, -0.25) is 9.36 Å². The van der Waals surface area contributed by atoms with Crippen LogP contribution in [0.3, 0.4) is 0 Å². The number of hydrogen-bond donors (Lipinski definition) is 1. The summed E-state index contributed by atoms with van der Waals surface area (Å²) in [6.45, 7) is 2.41. The van der Waals surface area contributed by atoms with E-state index < -0.39 is 0 Å². The van der Waals surface area contributed by atoms with Crippen molar-refractivity contribution in [3.63, 3.8) is 0 Å². The first-order chi connectivity index (χ1) is 13.1. The number of methoxy groups -OCH3 is 1. The predicted molar refractivity (Wildman–Crippen MR) is 109 cm³/mol. The molecule has 0 atom stereocenters. The molecule has 1 N–H and O–H groups in total. The molecule has 0 fully saturated rings. The van der Waals surface area contributed by atoms with Gasteiger partial charge >= 0.3 is 0 Å². The molecule has 0 spiro atoms. The van der Waals surface area contributed by atoms with Crippen LogP contribution in [-0.2, 0) is 12.3 Å². The highest BCUT2D eigenvalue weighted by molar-refractivity contribution is 7.98. The Bertz CT molecular complexity index is 976. The molecule has 0 radical (unpaired) electrons. The molecule has 0 unspecified atom stereocenters. The van der Waals surface area contributed by atoms with Crippen LogP contribution in [-0.4, -0.2) is 21.9 Å². The maximum atomic E-state index is 12.7. The Hall–Kier alpha value is -2.51. The second kappa shape index (κ2) is 8.92. The molecule has 3 aromatic rings. The molecule has 3 rings (SSSR count). The highest BCUT2D eigenvalue weighted by atomic mass is 35.5. The number of ether oxygens (including phenoxy) is 1. The Labute approximate surface area is 166 Å². The molecule has 1 heterocycles. The van der Waals surface area contributed by atoms with Gasteiger partial charge in [-0.05, 0) is 42.8 Å². The van der Waals surface area contributed by atoms with Crippen LogP contribution < -0.4 is 15.6 Å². The summed E-state index contributed by atoms with van der Waals surface area (Å²) in [5, 5.41) is 12.5. The third kappa shape index (κ3) is 4.81. The van der Waals surface area contributed by atoms with Gasteiger partial charge in [0, 0.05) is 23.0 Å². The summed E-state index contributed by atoms with van der Waals surface area (Å²) in [6.07, 6.45) is 0. The second-order valence-electron chi connectivity index (χ2n) is 5.65. The lowest BCUT2D eigenvalue weighted by Gasteiger charge is -2.11. The van der Waals surface area contributed by atoms with Crippen LogP contribution in [0.5, 0.6) is 5.75 Å². The van der Waals surface area contributed by atoms with Gasteiger partial charge in [-0.1, -0.05) is 41.6 Å². The summed E-state index contributed by atoms with van der Waals surface area (Å²) >= 11 is 7.45. The Balaban J connectivity index is 1.78. The molecule has 0 amide bonds. The number of halogens is 1. The summed E-state index contributed by atoms with van der Waals surface area (Å²) in [7, 11) is 1.64. The van der Waals surface area contributed by atoms with Crippen molar-refractivity contribution in [1.29, 1.82) is 0 Å². The molecule has 1 aromatic heterocycles. The highest BCUT2D eigenvalue weighted by Crippen LogP contribution is 2.22. The van der Waals surface area contributed by atoms with Crippen molar-refractivity contribution in [3.05, 3.63) is 69.5 Å². The lowest BCUT2D eigenvalue weighted by atomic mass is 10.2. The minimum absolute atomic E-state index is 0.174. The van der Waals surface area contributed by atoms with Crippen LogP contribution in [0.25, 0.3) is 0 Å². The summed E-state index contributed by atoms with van der Waals surface area (Å²) in [5.74, 6) is 1.66. The Kier molecular flexibility index (Phi) is 6.36. The number of hydrogen-bond acceptors (Lipinski definition) is 6. The quantitative estimate of drug-likeness (QED) is 0.592. The average Bonchev–Trinajstić information content (AvgIpc) is 2.68. The Morgan fingerprint density at radius 3 is 2.63 bits per heavy atom. The van der Waals surface area contributed by atoms with Crippen molar-refractivity contribution < 1.29 is 4.74 Å². The molecular weight excluding hydrogens is 384 g/mol. The van der Waals surface area contributed by atoms with Crippen LogP contribution in [0.15, 0.2) is 58.5 Å². The minimum Gasteiger partial charge on any atom is -0.497 e. The van der Waals surface area contributed by atoms with Crippen LogP contribution in [0.2, 0.25) is 5.02 Å². The maximum absolute atomic E-state index is 12.7. The van der Waals surface area contributed by atoms with Gasteiger partial charge in [0.25, 0.3) is 5.56 Å². The number of aromatic nitrogens is 3. The summed E-state index contributed by atoms with van der Waals surface area (Å²) < 4.78 is 6.77. The van der Waals surface area contributed by atoms with Gasteiger partial charge < -0.3 is 10.1 Å². The molecule has 0 aliphatic heterocycles. The first-order valence-corrected chi connectivity index (χ1v) is 9.73. The monoisotopic (exact) mass is 402 g/mol. The topological polar surface area (TPSA) is 69.0 Å². The fourth-order valence-electron chi connectivity index (χ4n) is 2.44. The maximum Gasteiger partial charge on any atom is 0.297 e. The van der Waals surface area contributed by atoms with E-state index in [-0.39, 0.29) is 11.4 Å². The molecular formula is C19H19ClN4O2S. The van der Waals surface area contributed by atoms with Crippen molar-refractivity contribution in [2.75, 3.05) is 12.4 Å². The largest absolute Gasteiger partial charge is 0.497 e. The molecule has 27 heavy (non-hydrogen) atoms. The van der Waals surface area contributed by atoms with Gasteiger partial charge in [-0.25, -0.2) is 0 Å². The zero-order valence-electron chi connectivity index (χ0n) is 15.0. The van der Waals surface area contributed by atoms with Crippen molar-refractivity contribution in [2.24, 2.45) is 0 Å². The van der Waals surface area contributed by atoms with Gasteiger partial charge in [0.05, 0.1) is 7.11 Å². The first-order valence-electron chi connectivity index (χ1n) is 8.36. The highest BCUT2D eigenvalue weighted by Gasteiger charge is 2.12. The van der Waals surface area contributed by atoms with E-state index >= 15 is 0 Å². The zero-order valence-corrected chi connectivity index (χ0v) is 16.5. The van der Waals surface area contributed by atoms with E-state index in [9.17, 15) is 4.79 Å². The molecule has 0 saturated carbocycles. The van der Waals surface area contributed by atoms with Crippen molar-refractivity contribution in [1.82, 2.24) is 14.8 Å². The fourth-order valence-corrected chi connectivity index (χ4v) is 3.59. The lowest BCUT2D eigenvalue weighted by Crippen LogP contribution is -2.26. The molecule has 0 aliphatic carbocycles. The SMILES string of the molecule is CCn1c(SCc2ccc(OC)cc2)nnc(Nc2cccc(Cl)c2)c1=O. The van der Waals surface area contributed by atoms with E-state index in [1.165, 1.54) is 11.8 Å². The van der Waals surface area contributed by atoms with E-state index in [2.05, 4.69) is 15.5 Å². The van der Waals surface area contributed by atoms with Gasteiger partial charge in [0.1, 0.15) is 5.75 Å². The molecule has 2 aromatic carbocycles. The van der Waals surface area contributed by atoms with E-state index in [0.29, 0.717) is 28.2 Å². The van der Waals surface area contributed by atoms with Crippen LogP contribution in [0, 0.1) is 0 Å². The summed E-state index contributed by atoms with van der Waals surface area (Å²) in [5.41, 5.74) is 1.58. The van der Waals surface area contributed by atoms with E-state index in [1.54, 1.807) is 29.9 Å². The third-order valence-corrected chi connectivity index (χ3v) is 5.12.